The van der Waals surface area contributed by atoms with Crippen LogP contribution in [0.15, 0.2) is 18.2 Å². The molecule has 0 aliphatic rings. The van der Waals surface area contributed by atoms with E-state index in [-0.39, 0.29) is 12.4 Å². The van der Waals surface area contributed by atoms with Gasteiger partial charge in [-0.1, -0.05) is 6.07 Å². The molecule has 2 N–H and O–H groups in total. The van der Waals surface area contributed by atoms with Crippen LogP contribution in [0.3, 0.4) is 0 Å². The van der Waals surface area contributed by atoms with Gasteiger partial charge in [-0.15, -0.1) is 0 Å². The van der Waals surface area contributed by atoms with Gasteiger partial charge in [0.05, 0.1) is 18.3 Å². The fourth-order valence-electron chi connectivity index (χ4n) is 1.30. The molecule has 0 saturated carbocycles. The van der Waals surface area contributed by atoms with Crippen LogP contribution in [0.2, 0.25) is 0 Å². The van der Waals surface area contributed by atoms with Crippen molar-refractivity contribution < 1.29 is 19.3 Å². The molecule has 1 rings (SSSR count). The second kappa shape index (κ2) is 5.47. The molecule has 0 aliphatic heterocycles. The Balaban J connectivity index is 2.61. The van der Waals surface area contributed by atoms with E-state index in [9.17, 15) is 14.6 Å². The lowest BCUT2D eigenvalue weighted by Gasteiger charge is -2.17. The summed E-state index contributed by atoms with van der Waals surface area (Å²) in [6.07, 6.45) is -0.278. The monoisotopic (exact) mass is 242 g/mol. The van der Waals surface area contributed by atoms with E-state index in [1.807, 2.05) is 0 Å². The fourth-order valence-corrected chi connectivity index (χ4v) is 1.30. The zero-order valence-electron chi connectivity index (χ0n) is 10.4. The number of aliphatic hydroxyl groups is 2. The van der Waals surface area contributed by atoms with Gasteiger partial charge in [0.2, 0.25) is 0 Å². The first kappa shape index (κ1) is 13.9. The van der Waals surface area contributed by atoms with Crippen molar-refractivity contribution in [1.82, 2.24) is 0 Å². The largest absolute Gasteiger partial charge is 0.490 e. The molecular weight excluding hydrogens is 223 g/mol. The predicted octanol–water partition coefficient (Wildman–Crippen LogP) is 2.42. The minimum atomic E-state index is -0.823. The quantitative estimate of drug-likeness (QED) is 0.833. The molecule has 0 unspecified atom stereocenters. The van der Waals surface area contributed by atoms with E-state index >= 15 is 0 Å². The summed E-state index contributed by atoms with van der Waals surface area (Å²) in [5.74, 6) is -0.363. The van der Waals surface area contributed by atoms with Crippen LogP contribution in [-0.2, 0) is 0 Å². The number of halogens is 1. The van der Waals surface area contributed by atoms with Crippen LogP contribution >= 0.6 is 0 Å². The van der Waals surface area contributed by atoms with Gasteiger partial charge in [-0.3, -0.25) is 0 Å². The zero-order chi connectivity index (χ0) is 13.1. The van der Waals surface area contributed by atoms with Crippen molar-refractivity contribution in [3.05, 3.63) is 29.6 Å². The van der Waals surface area contributed by atoms with Crippen LogP contribution < -0.4 is 4.74 Å². The summed E-state index contributed by atoms with van der Waals surface area (Å²) in [5, 5.41) is 18.8. The van der Waals surface area contributed by atoms with Crippen LogP contribution in [-0.4, -0.2) is 22.4 Å². The lowest BCUT2D eigenvalue weighted by Crippen LogP contribution is -2.22. The second-order valence-electron chi connectivity index (χ2n) is 4.78. The molecule has 0 aromatic heterocycles. The van der Waals surface area contributed by atoms with Crippen molar-refractivity contribution in [3.63, 3.8) is 0 Å². The van der Waals surface area contributed by atoms with E-state index < -0.39 is 17.5 Å². The van der Waals surface area contributed by atoms with Crippen molar-refractivity contribution in [2.75, 3.05) is 6.61 Å². The van der Waals surface area contributed by atoms with Crippen molar-refractivity contribution in [3.8, 4) is 5.75 Å². The Hall–Kier alpha value is -1.13. The normalized spacial score (nSPS) is 13.5. The molecule has 0 aliphatic carbocycles. The molecule has 1 aromatic carbocycles. The highest BCUT2D eigenvalue weighted by Crippen LogP contribution is 2.22. The molecule has 1 aromatic rings. The number of hydrogen-bond donors (Lipinski definition) is 2. The summed E-state index contributed by atoms with van der Waals surface area (Å²) < 4.78 is 18.8. The number of aliphatic hydroxyl groups excluding tert-OH is 1. The van der Waals surface area contributed by atoms with Gasteiger partial charge in [0.15, 0.2) is 11.6 Å². The zero-order valence-corrected chi connectivity index (χ0v) is 10.4. The van der Waals surface area contributed by atoms with Gasteiger partial charge in [-0.2, -0.15) is 0 Å². The first-order chi connectivity index (χ1) is 7.79. The molecule has 0 heterocycles. The molecule has 3 nitrogen and oxygen atoms in total. The van der Waals surface area contributed by atoms with Crippen LogP contribution in [0.1, 0.15) is 38.9 Å². The van der Waals surface area contributed by atoms with Gasteiger partial charge in [-0.25, -0.2) is 4.39 Å². The topological polar surface area (TPSA) is 49.7 Å². The summed E-state index contributed by atoms with van der Waals surface area (Å²) in [6, 6.07) is 4.36. The number of benzene rings is 1. The van der Waals surface area contributed by atoms with E-state index in [1.165, 1.54) is 12.1 Å². The molecule has 4 heteroatoms. The molecule has 0 bridgehead atoms. The Morgan fingerprint density at radius 2 is 2.06 bits per heavy atom. The summed E-state index contributed by atoms with van der Waals surface area (Å²) in [7, 11) is 0. The summed E-state index contributed by atoms with van der Waals surface area (Å²) >= 11 is 0. The predicted molar refractivity (Wildman–Crippen MR) is 63.4 cm³/mol. The third-order valence-corrected chi connectivity index (χ3v) is 2.41. The summed E-state index contributed by atoms with van der Waals surface area (Å²) in [6.45, 7) is 5.16. The third kappa shape index (κ3) is 4.71. The van der Waals surface area contributed by atoms with E-state index in [1.54, 1.807) is 26.8 Å². The Bertz CT molecular complexity index is 369. The Labute approximate surface area is 101 Å². The van der Waals surface area contributed by atoms with Gasteiger partial charge in [0.25, 0.3) is 0 Å². The van der Waals surface area contributed by atoms with Gasteiger partial charge in [0, 0.05) is 6.42 Å². The Kier molecular flexibility index (Phi) is 4.48. The van der Waals surface area contributed by atoms with Crippen LogP contribution in [0.5, 0.6) is 5.75 Å². The van der Waals surface area contributed by atoms with Crippen LogP contribution in [0.25, 0.3) is 0 Å². The highest BCUT2D eigenvalue weighted by molar-refractivity contribution is 5.30. The molecule has 0 saturated heterocycles. The van der Waals surface area contributed by atoms with Gasteiger partial charge < -0.3 is 14.9 Å². The standard InChI is InChI=1S/C13H19FO3/c1-9(15)10-4-5-12(11(14)8-10)17-7-6-13(2,3)16/h4-5,8-9,15-16H,6-7H2,1-3H3/t9-/m1/s1. The van der Waals surface area contributed by atoms with Crippen LogP contribution in [0.4, 0.5) is 4.39 Å². The molecule has 0 spiro atoms. The number of rotatable bonds is 5. The maximum Gasteiger partial charge on any atom is 0.165 e. The summed E-state index contributed by atoms with van der Waals surface area (Å²) in [5.41, 5.74) is -0.312. The number of ether oxygens (including phenoxy) is 1. The van der Waals surface area contributed by atoms with Gasteiger partial charge >= 0.3 is 0 Å². The minimum Gasteiger partial charge on any atom is -0.490 e. The van der Waals surface area contributed by atoms with Crippen LogP contribution in [0, 0.1) is 5.82 Å². The van der Waals surface area contributed by atoms with E-state index in [0.29, 0.717) is 12.0 Å². The summed E-state index contributed by atoms with van der Waals surface area (Å²) in [4.78, 5) is 0. The number of hydrogen-bond acceptors (Lipinski definition) is 3. The third-order valence-electron chi connectivity index (χ3n) is 2.41. The Morgan fingerprint density at radius 1 is 1.41 bits per heavy atom. The van der Waals surface area contributed by atoms with Crippen molar-refractivity contribution in [2.24, 2.45) is 0 Å². The molecular formula is C13H19FO3. The highest BCUT2D eigenvalue weighted by Gasteiger charge is 2.13. The SMILES string of the molecule is C[C@@H](O)c1ccc(OCCC(C)(C)O)c(F)c1. The molecule has 0 fully saturated rings. The minimum absolute atomic E-state index is 0.138. The molecule has 0 amide bonds. The average molecular weight is 242 g/mol. The maximum absolute atomic E-state index is 13.5. The maximum atomic E-state index is 13.5. The van der Waals surface area contributed by atoms with Crippen molar-refractivity contribution >= 4 is 0 Å². The van der Waals surface area contributed by atoms with Crippen molar-refractivity contribution in [2.45, 2.75) is 38.9 Å². The van der Waals surface area contributed by atoms with E-state index in [4.69, 9.17) is 4.74 Å². The van der Waals surface area contributed by atoms with Crippen molar-refractivity contribution in [1.29, 1.82) is 0 Å². The van der Waals surface area contributed by atoms with Gasteiger partial charge in [-0.05, 0) is 38.5 Å². The van der Waals surface area contributed by atoms with E-state index in [2.05, 4.69) is 0 Å². The Morgan fingerprint density at radius 3 is 2.53 bits per heavy atom. The van der Waals surface area contributed by atoms with E-state index in [0.717, 1.165) is 0 Å². The van der Waals surface area contributed by atoms with Gasteiger partial charge in [0.1, 0.15) is 0 Å². The average Bonchev–Trinajstić information content (AvgIpc) is 2.18. The first-order valence-electron chi connectivity index (χ1n) is 5.62. The smallest absolute Gasteiger partial charge is 0.165 e. The lowest BCUT2D eigenvalue weighted by molar-refractivity contribution is 0.0547. The first-order valence-corrected chi connectivity index (χ1v) is 5.62. The second-order valence-corrected chi connectivity index (χ2v) is 4.78. The lowest BCUT2D eigenvalue weighted by atomic mass is 10.1. The molecule has 17 heavy (non-hydrogen) atoms. The molecule has 96 valence electrons. The molecule has 0 radical (unpaired) electrons. The fraction of sp³-hybridized carbons (Fsp3) is 0.538. The molecule has 1 atom stereocenters. The highest BCUT2D eigenvalue weighted by atomic mass is 19.1.